The normalized spacial score (nSPS) is 12.9. The van der Waals surface area contributed by atoms with Crippen molar-refractivity contribution in [3.05, 3.63) is 52.8 Å². The number of nitrogens with one attached hydrogen (secondary N) is 1. The highest BCUT2D eigenvalue weighted by Crippen LogP contribution is 2.25. The molecule has 0 fully saturated rings. The average molecular weight is 357 g/mol. The summed E-state index contributed by atoms with van der Waals surface area (Å²) in [7, 11) is -3.75. The number of hydrogen-bond donors (Lipinski definition) is 2. The number of para-hydroxylation sites is 1. The van der Waals surface area contributed by atoms with Gasteiger partial charge in [-0.2, -0.15) is 0 Å². The van der Waals surface area contributed by atoms with Crippen LogP contribution in [0.25, 0.3) is 0 Å². The summed E-state index contributed by atoms with van der Waals surface area (Å²) in [5.74, 6) is 0. The molecule has 1 aromatic carbocycles. The number of aliphatic hydroxyl groups is 1. The minimum absolute atomic E-state index is 0.0484. The Bertz CT molecular complexity index is 717. The molecule has 106 valence electrons. The molecule has 2 aromatic rings. The summed E-state index contributed by atoms with van der Waals surface area (Å²) in [4.78, 5) is 3.88. The van der Waals surface area contributed by atoms with Gasteiger partial charge in [0.25, 0.3) is 10.0 Å². The van der Waals surface area contributed by atoms with Gasteiger partial charge in [-0.05, 0) is 35.0 Å². The van der Waals surface area contributed by atoms with Crippen LogP contribution in [-0.2, 0) is 10.0 Å². The van der Waals surface area contributed by atoms with E-state index in [9.17, 15) is 13.5 Å². The molecule has 1 heterocycles. The van der Waals surface area contributed by atoms with Crippen LogP contribution in [0.4, 0.5) is 5.69 Å². The number of anilines is 1. The summed E-state index contributed by atoms with van der Waals surface area (Å²) in [6.45, 7) is 1.58. The summed E-state index contributed by atoms with van der Waals surface area (Å²) in [6, 6.07) is 8.16. The molecule has 5 nitrogen and oxygen atoms in total. The van der Waals surface area contributed by atoms with Gasteiger partial charge in [-0.3, -0.25) is 9.71 Å². The minimum Gasteiger partial charge on any atom is -0.389 e. The highest BCUT2D eigenvalue weighted by atomic mass is 79.9. The molecule has 1 atom stereocenters. The third-order valence-corrected chi connectivity index (χ3v) is 4.41. The van der Waals surface area contributed by atoms with Gasteiger partial charge in [0.15, 0.2) is 0 Å². The second-order valence-corrected chi connectivity index (χ2v) is 6.81. The van der Waals surface area contributed by atoms with Crippen molar-refractivity contribution in [2.75, 3.05) is 4.72 Å². The van der Waals surface area contributed by atoms with Crippen LogP contribution in [0, 0.1) is 0 Å². The Balaban J connectivity index is 2.39. The number of nitrogens with zero attached hydrogens (tertiary/aromatic N) is 1. The van der Waals surface area contributed by atoms with Gasteiger partial charge in [-0.15, -0.1) is 0 Å². The molecule has 2 N–H and O–H groups in total. The summed E-state index contributed by atoms with van der Waals surface area (Å²) >= 11 is 3.18. The van der Waals surface area contributed by atoms with Crippen LogP contribution >= 0.6 is 15.9 Å². The van der Waals surface area contributed by atoms with E-state index >= 15 is 0 Å². The molecule has 7 heteroatoms. The molecular formula is C13H13BrN2O3S. The topological polar surface area (TPSA) is 79.3 Å². The fourth-order valence-corrected chi connectivity index (χ4v) is 3.29. The number of sulfonamides is 1. The van der Waals surface area contributed by atoms with Crippen LogP contribution < -0.4 is 4.72 Å². The standard InChI is InChI=1S/C13H13BrN2O3S/c1-9(17)12-4-2-3-5-13(12)16-20(18,19)11-6-10(14)7-15-8-11/h2-9,16-17H,1H3. The van der Waals surface area contributed by atoms with Crippen molar-refractivity contribution in [1.82, 2.24) is 4.98 Å². The van der Waals surface area contributed by atoms with Gasteiger partial charge < -0.3 is 5.11 Å². The largest absolute Gasteiger partial charge is 0.389 e. The molecule has 0 saturated carbocycles. The summed E-state index contributed by atoms with van der Waals surface area (Å²) in [5.41, 5.74) is 0.863. The third-order valence-electron chi connectivity index (χ3n) is 2.65. The van der Waals surface area contributed by atoms with Crippen molar-refractivity contribution < 1.29 is 13.5 Å². The third kappa shape index (κ3) is 3.36. The van der Waals surface area contributed by atoms with Gasteiger partial charge in [0.2, 0.25) is 0 Å². The maximum atomic E-state index is 12.3. The summed E-state index contributed by atoms with van der Waals surface area (Å²) in [5, 5.41) is 9.66. The zero-order valence-corrected chi connectivity index (χ0v) is 13.0. The van der Waals surface area contributed by atoms with Gasteiger partial charge in [-0.25, -0.2) is 8.42 Å². The van der Waals surface area contributed by atoms with Crippen LogP contribution in [0.3, 0.4) is 0 Å². The quantitative estimate of drug-likeness (QED) is 0.882. The molecule has 0 saturated heterocycles. The van der Waals surface area contributed by atoms with E-state index in [1.54, 1.807) is 31.2 Å². The highest BCUT2D eigenvalue weighted by molar-refractivity contribution is 9.10. The Kier molecular flexibility index (Phi) is 4.42. The number of halogens is 1. The Hall–Kier alpha value is -1.44. The maximum Gasteiger partial charge on any atom is 0.263 e. The molecule has 0 amide bonds. The summed E-state index contributed by atoms with van der Waals surface area (Å²) in [6.07, 6.45) is 2.00. The van der Waals surface area contributed by atoms with Crippen LogP contribution in [0.15, 0.2) is 52.1 Å². The lowest BCUT2D eigenvalue weighted by Crippen LogP contribution is -2.15. The zero-order chi connectivity index (χ0) is 14.8. The van der Waals surface area contributed by atoms with E-state index in [4.69, 9.17) is 0 Å². The Morgan fingerprint density at radius 3 is 2.65 bits per heavy atom. The van der Waals surface area contributed by atoms with Gasteiger partial charge in [-0.1, -0.05) is 18.2 Å². The molecular weight excluding hydrogens is 344 g/mol. The van der Waals surface area contributed by atoms with Crippen LogP contribution in [0.2, 0.25) is 0 Å². The van der Waals surface area contributed by atoms with Gasteiger partial charge >= 0.3 is 0 Å². The first-order valence-electron chi connectivity index (χ1n) is 5.80. The van der Waals surface area contributed by atoms with Crippen LogP contribution in [-0.4, -0.2) is 18.5 Å². The smallest absolute Gasteiger partial charge is 0.263 e. The molecule has 0 aliphatic carbocycles. The Morgan fingerprint density at radius 2 is 2.00 bits per heavy atom. The lowest BCUT2D eigenvalue weighted by molar-refractivity contribution is 0.200. The fourth-order valence-electron chi connectivity index (χ4n) is 1.70. The van der Waals surface area contributed by atoms with Gasteiger partial charge in [0.05, 0.1) is 11.8 Å². The first kappa shape index (κ1) is 15.0. The van der Waals surface area contributed by atoms with Crippen molar-refractivity contribution in [2.24, 2.45) is 0 Å². The van der Waals surface area contributed by atoms with Crippen molar-refractivity contribution >= 4 is 31.6 Å². The molecule has 0 aliphatic heterocycles. The van der Waals surface area contributed by atoms with Crippen molar-refractivity contribution in [1.29, 1.82) is 0 Å². The number of pyridine rings is 1. The SMILES string of the molecule is CC(O)c1ccccc1NS(=O)(=O)c1cncc(Br)c1. The predicted octanol–water partition coefficient (Wildman–Crippen LogP) is 2.70. The van der Waals surface area contributed by atoms with Crippen LogP contribution in [0.5, 0.6) is 0 Å². The molecule has 0 spiro atoms. The summed E-state index contributed by atoms with van der Waals surface area (Å²) < 4.78 is 27.6. The molecule has 0 radical (unpaired) electrons. The molecule has 2 rings (SSSR count). The van der Waals surface area contributed by atoms with E-state index in [1.807, 2.05) is 0 Å². The number of rotatable bonds is 4. The van der Waals surface area contributed by atoms with Gasteiger partial charge in [0.1, 0.15) is 4.90 Å². The number of aromatic nitrogens is 1. The minimum atomic E-state index is -3.75. The zero-order valence-electron chi connectivity index (χ0n) is 10.6. The molecule has 1 aromatic heterocycles. The van der Waals surface area contributed by atoms with Crippen molar-refractivity contribution in [3.8, 4) is 0 Å². The van der Waals surface area contributed by atoms with E-state index in [1.165, 1.54) is 18.5 Å². The first-order valence-corrected chi connectivity index (χ1v) is 8.08. The number of benzene rings is 1. The van der Waals surface area contributed by atoms with E-state index in [0.29, 0.717) is 15.7 Å². The van der Waals surface area contributed by atoms with E-state index < -0.39 is 16.1 Å². The lowest BCUT2D eigenvalue weighted by Gasteiger charge is -2.14. The fraction of sp³-hybridized carbons (Fsp3) is 0.154. The van der Waals surface area contributed by atoms with E-state index in [0.717, 1.165) is 0 Å². The second kappa shape index (κ2) is 5.90. The molecule has 0 bridgehead atoms. The van der Waals surface area contributed by atoms with E-state index in [-0.39, 0.29) is 4.90 Å². The first-order chi connectivity index (χ1) is 9.40. The average Bonchev–Trinajstić information content (AvgIpc) is 2.38. The molecule has 1 unspecified atom stereocenters. The Morgan fingerprint density at radius 1 is 1.30 bits per heavy atom. The van der Waals surface area contributed by atoms with Crippen LogP contribution in [0.1, 0.15) is 18.6 Å². The maximum absolute atomic E-state index is 12.3. The van der Waals surface area contributed by atoms with E-state index in [2.05, 4.69) is 25.6 Å². The predicted molar refractivity (Wildman–Crippen MR) is 79.8 cm³/mol. The van der Waals surface area contributed by atoms with Crippen molar-refractivity contribution in [2.45, 2.75) is 17.9 Å². The monoisotopic (exact) mass is 356 g/mol. The second-order valence-electron chi connectivity index (χ2n) is 4.21. The number of hydrogen-bond acceptors (Lipinski definition) is 4. The number of aliphatic hydroxyl groups excluding tert-OH is 1. The highest BCUT2D eigenvalue weighted by Gasteiger charge is 2.17. The lowest BCUT2D eigenvalue weighted by atomic mass is 10.1. The molecule has 20 heavy (non-hydrogen) atoms. The van der Waals surface area contributed by atoms with Crippen molar-refractivity contribution in [3.63, 3.8) is 0 Å². The van der Waals surface area contributed by atoms with Gasteiger partial charge in [0, 0.05) is 22.4 Å². The molecule has 0 aliphatic rings. The Labute approximate surface area is 125 Å².